The molecule has 0 unspecified atom stereocenters. The van der Waals surface area contributed by atoms with Gasteiger partial charge in [-0.1, -0.05) is 0 Å². The molecular formula is C12F10O4. The van der Waals surface area contributed by atoms with Gasteiger partial charge in [-0.15, -0.1) is 0 Å². The first-order valence-electron chi connectivity index (χ1n) is 5.86. The predicted octanol–water partition coefficient (Wildman–Crippen LogP) is 4.10. The average molecular weight is 398 g/mol. The van der Waals surface area contributed by atoms with Crippen molar-refractivity contribution in [3.8, 4) is 5.75 Å². The first-order valence-corrected chi connectivity index (χ1v) is 5.86. The summed E-state index contributed by atoms with van der Waals surface area (Å²) in [6, 6.07) is -3.42. The van der Waals surface area contributed by atoms with Crippen molar-refractivity contribution in [2.75, 3.05) is 0 Å². The highest BCUT2D eigenvalue weighted by atomic mass is 19.4. The van der Waals surface area contributed by atoms with Crippen LogP contribution in [0.5, 0.6) is 5.75 Å². The molecule has 1 aliphatic rings. The maximum atomic E-state index is 13.6. The van der Waals surface area contributed by atoms with E-state index >= 15 is 0 Å². The molecule has 1 aliphatic heterocycles. The molecule has 0 fully saturated rings. The third-order valence-electron chi connectivity index (χ3n) is 2.87. The maximum absolute atomic E-state index is 13.6. The number of carbonyl (C=O) groups is 2. The van der Waals surface area contributed by atoms with E-state index in [9.17, 15) is 53.5 Å². The van der Waals surface area contributed by atoms with Gasteiger partial charge in [0, 0.05) is 0 Å². The van der Waals surface area contributed by atoms with Gasteiger partial charge >= 0.3 is 30.1 Å². The Balaban J connectivity index is 2.65. The average Bonchev–Trinajstić information content (AvgIpc) is 2.81. The van der Waals surface area contributed by atoms with E-state index < -0.39 is 70.2 Å². The Morgan fingerprint density at radius 2 is 1.31 bits per heavy atom. The molecule has 1 aromatic carbocycles. The number of fused-ring (bicyclic) bond motifs is 1. The molecule has 0 aliphatic carbocycles. The van der Waals surface area contributed by atoms with Crippen LogP contribution in [-0.4, -0.2) is 24.0 Å². The van der Waals surface area contributed by atoms with E-state index in [1.54, 1.807) is 0 Å². The number of rotatable bonds is 3. The number of ether oxygens (including phenoxy) is 2. The molecular weight excluding hydrogens is 398 g/mol. The summed E-state index contributed by atoms with van der Waals surface area (Å²) < 4.78 is 135. The van der Waals surface area contributed by atoms with E-state index in [1.165, 1.54) is 0 Å². The molecule has 14 heteroatoms. The monoisotopic (exact) mass is 398 g/mol. The van der Waals surface area contributed by atoms with E-state index in [-0.39, 0.29) is 0 Å². The Morgan fingerprint density at radius 3 is 1.81 bits per heavy atom. The van der Waals surface area contributed by atoms with Crippen molar-refractivity contribution in [2.24, 2.45) is 0 Å². The minimum atomic E-state index is -6.64. The highest BCUT2D eigenvalue weighted by Gasteiger charge is 2.63. The molecule has 0 aromatic heterocycles. The topological polar surface area (TPSA) is 52.6 Å². The zero-order valence-electron chi connectivity index (χ0n) is 11.4. The van der Waals surface area contributed by atoms with Crippen LogP contribution in [0, 0.1) is 17.5 Å². The van der Waals surface area contributed by atoms with Crippen LogP contribution in [0.1, 0.15) is 20.7 Å². The van der Waals surface area contributed by atoms with E-state index in [0.717, 1.165) is 0 Å². The van der Waals surface area contributed by atoms with Crippen molar-refractivity contribution < 1.29 is 63.0 Å². The van der Waals surface area contributed by atoms with E-state index in [4.69, 9.17) is 0 Å². The van der Waals surface area contributed by atoms with Crippen LogP contribution in [0.2, 0.25) is 0 Å². The van der Waals surface area contributed by atoms with Crippen LogP contribution < -0.4 is 4.74 Å². The number of cyclic esters (lactones) is 2. The van der Waals surface area contributed by atoms with Gasteiger partial charge in [0.25, 0.3) is 5.83 Å². The second kappa shape index (κ2) is 5.88. The molecule has 0 atom stereocenters. The number of benzene rings is 1. The van der Waals surface area contributed by atoms with E-state index in [2.05, 4.69) is 9.47 Å². The Bertz CT molecular complexity index is 855. The molecule has 0 amide bonds. The lowest BCUT2D eigenvalue weighted by atomic mass is 10.1. The van der Waals surface area contributed by atoms with Crippen molar-refractivity contribution >= 4 is 11.9 Å². The molecule has 4 nitrogen and oxygen atoms in total. The largest absolute Gasteiger partial charge is 0.460 e. The quantitative estimate of drug-likeness (QED) is 0.253. The Morgan fingerprint density at radius 1 is 0.808 bits per heavy atom. The number of allylic oxidation sites excluding steroid dienone is 1. The van der Waals surface area contributed by atoms with Gasteiger partial charge in [0.1, 0.15) is 11.1 Å². The standard InChI is InChI=1S/C12F10O4/c13-3-1-2(10(24)26-9(1)23)6(5(15)4(3)14)25-8(17)7(16)11(18,19)12(20,21)22. The smallest absolute Gasteiger partial charge is 0.425 e. The molecule has 0 bridgehead atoms. The summed E-state index contributed by atoms with van der Waals surface area (Å²) >= 11 is 0. The summed E-state index contributed by atoms with van der Waals surface area (Å²) in [6.07, 6.45) is -6.64. The summed E-state index contributed by atoms with van der Waals surface area (Å²) in [5, 5.41) is 0. The number of hydrogen-bond donors (Lipinski definition) is 0. The van der Waals surface area contributed by atoms with E-state index in [0.29, 0.717) is 0 Å². The van der Waals surface area contributed by atoms with Gasteiger partial charge in [0.05, 0.1) is 0 Å². The van der Waals surface area contributed by atoms with Crippen molar-refractivity contribution in [3.63, 3.8) is 0 Å². The van der Waals surface area contributed by atoms with Crippen molar-refractivity contribution in [2.45, 2.75) is 12.1 Å². The molecule has 0 spiro atoms. The van der Waals surface area contributed by atoms with Crippen molar-refractivity contribution in [3.05, 3.63) is 40.4 Å². The minimum absolute atomic E-state index is 1.65. The van der Waals surface area contributed by atoms with Crippen LogP contribution in [0.15, 0.2) is 11.8 Å². The Kier molecular flexibility index (Phi) is 4.41. The van der Waals surface area contributed by atoms with Gasteiger partial charge < -0.3 is 9.47 Å². The zero-order chi connectivity index (χ0) is 20.2. The number of halogens is 10. The van der Waals surface area contributed by atoms with Crippen LogP contribution >= 0.6 is 0 Å². The third kappa shape index (κ3) is 2.74. The molecule has 1 aromatic rings. The summed E-state index contributed by atoms with van der Waals surface area (Å²) in [5.41, 5.74) is -3.33. The fourth-order valence-electron chi connectivity index (χ4n) is 1.69. The normalized spacial score (nSPS) is 15.6. The molecule has 0 N–H and O–H groups in total. The molecule has 2 rings (SSSR count). The minimum Gasteiger partial charge on any atom is -0.425 e. The number of carbonyl (C=O) groups excluding carboxylic acids is 2. The molecule has 0 radical (unpaired) electrons. The highest BCUT2D eigenvalue weighted by molar-refractivity contribution is 6.16. The zero-order valence-corrected chi connectivity index (χ0v) is 11.4. The van der Waals surface area contributed by atoms with Crippen LogP contribution in [-0.2, 0) is 4.74 Å². The fraction of sp³-hybridized carbons (Fsp3) is 0.167. The lowest BCUT2D eigenvalue weighted by Crippen LogP contribution is -2.37. The van der Waals surface area contributed by atoms with Gasteiger partial charge in [-0.3, -0.25) is 0 Å². The van der Waals surface area contributed by atoms with E-state index in [1.807, 2.05) is 0 Å². The molecule has 1 heterocycles. The Labute approximate surface area is 134 Å². The number of esters is 2. The number of alkyl halides is 5. The first kappa shape index (κ1) is 19.5. The SMILES string of the molecule is O=C1OC(=O)c2c(OC(F)=C(F)C(F)(F)C(F)(F)F)c(F)c(F)c(F)c21. The van der Waals surface area contributed by atoms with Gasteiger partial charge in [-0.05, 0) is 0 Å². The molecule has 142 valence electrons. The van der Waals surface area contributed by atoms with Crippen LogP contribution in [0.3, 0.4) is 0 Å². The third-order valence-corrected chi connectivity index (χ3v) is 2.87. The highest BCUT2D eigenvalue weighted by Crippen LogP contribution is 2.44. The van der Waals surface area contributed by atoms with Crippen molar-refractivity contribution in [1.29, 1.82) is 0 Å². The van der Waals surface area contributed by atoms with Crippen LogP contribution in [0.4, 0.5) is 43.9 Å². The predicted molar refractivity (Wildman–Crippen MR) is 56.9 cm³/mol. The molecule has 0 saturated carbocycles. The number of hydrogen-bond acceptors (Lipinski definition) is 4. The van der Waals surface area contributed by atoms with Gasteiger partial charge in [0.2, 0.25) is 5.82 Å². The lowest BCUT2D eigenvalue weighted by molar-refractivity contribution is -0.272. The molecule has 26 heavy (non-hydrogen) atoms. The lowest BCUT2D eigenvalue weighted by Gasteiger charge is -2.18. The summed E-state index contributed by atoms with van der Waals surface area (Å²) in [6.45, 7) is 0. The summed E-state index contributed by atoms with van der Waals surface area (Å²) in [4.78, 5) is 22.4. The second-order valence-corrected chi connectivity index (χ2v) is 4.46. The van der Waals surface area contributed by atoms with Gasteiger partial charge in [0.15, 0.2) is 17.4 Å². The fourth-order valence-corrected chi connectivity index (χ4v) is 1.69. The maximum Gasteiger partial charge on any atom is 0.460 e. The molecule has 0 saturated heterocycles. The summed E-state index contributed by atoms with van der Waals surface area (Å²) in [7, 11) is 0. The summed E-state index contributed by atoms with van der Waals surface area (Å²) in [5.74, 6) is -23.9. The van der Waals surface area contributed by atoms with Gasteiger partial charge in [-0.25, -0.2) is 18.4 Å². The Hall–Kier alpha value is -2.80. The van der Waals surface area contributed by atoms with Crippen LogP contribution in [0.25, 0.3) is 0 Å². The van der Waals surface area contributed by atoms with Crippen molar-refractivity contribution in [1.82, 2.24) is 0 Å². The first-order chi connectivity index (χ1) is 11.7. The van der Waals surface area contributed by atoms with Gasteiger partial charge in [-0.2, -0.15) is 35.1 Å². The second-order valence-electron chi connectivity index (χ2n) is 4.46.